The summed E-state index contributed by atoms with van der Waals surface area (Å²) in [7, 11) is 1.86. The van der Waals surface area contributed by atoms with E-state index in [4.69, 9.17) is 16.3 Å². The molecule has 28 heavy (non-hydrogen) atoms. The van der Waals surface area contributed by atoms with E-state index in [0.717, 1.165) is 5.56 Å². The van der Waals surface area contributed by atoms with Gasteiger partial charge in [-0.3, -0.25) is 4.79 Å². The van der Waals surface area contributed by atoms with Crippen LogP contribution < -0.4 is 10.1 Å². The summed E-state index contributed by atoms with van der Waals surface area (Å²) < 4.78 is 7.55. The first kappa shape index (κ1) is 20.2. The lowest BCUT2D eigenvalue weighted by Crippen LogP contribution is -2.30. The molecule has 0 fully saturated rings. The van der Waals surface area contributed by atoms with Crippen molar-refractivity contribution in [1.29, 1.82) is 0 Å². The van der Waals surface area contributed by atoms with E-state index in [1.807, 2.05) is 48.9 Å². The summed E-state index contributed by atoms with van der Waals surface area (Å²) >= 11 is 7.23. The SMILES string of the molecule is C[C@H](Sc1nnc(COc2ccc(Cl)cc2)n1C)C(=O)NCc1ccccc1. The van der Waals surface area contributed by atoms with Crippen LogP contribution in [0.4, 0.5) is 0 Å². The van der Waals surface area contributed by atoms with E-state index in [9.17, 15) is 4.79 Å². The van der Waals surface area contributed by atoms with Gasteiger partial charge in [0.25, 0.3) is 0 Å². The largest absolute Gasteiger partial charge is 0.486 e. The van der Waals surface area contributed by atoms with Crippen molar-refractivity contribution in [2.24, 2.45) is 7.05 Å². The lowest BCUT2D eigenvalue weighted by Gasteiger charge is -2.12. The first-order valence-electron chi connectivity index (χ1n) is 8.78. The molecule has 146 valence electrons. The van der Waals surface area contributed by atoms with Crippen molar-refractivity contribution in [2.75, 3.05) is 0 Å². The third-order valence-corrected chi connectivity index (χ3v) is 5.45. The summed E-state index contributed by atoms with van der Waals surface area (Å²) in [4.78, 5) is 12.4. The minimum absolute atomic E-state index is 0.0455. The topological polar surface area (TPSA) is 69.0 Å². The molecule has 6 nitrogen and oxygen atoms in total. The van der Waals surface area contributed by atoms with Crippen molar-refractivity contribution in [3.05, 3.63) is 71.0 Å². The molecule has 0 bridgehead atoms. The molecule has 0 saturated heterocycles. The molecule has 0 spiro atoms. The van der Waals surface area contributed by atoms with Crippen LogP contribution in [-0.2, 0) is 25.0 Å². The Balaban J connectivity index is 1.52. The van der Waals surface area contributed by atoms with Gasteiger partial charge >= 0.3 is 0 Å². The van der Waals surface area contributed by atoms with Crippen LogP contribution in [0.5, 0.6) is 5.75 Å². The second-order valence-corrected chi connectivity index (χ2v) is 7.91. The molecular weight excluding hydrogens is 396 g/mol. The third kappa shape index (κ3) is 5.50. The number of amides is 1. The molecule has 0 saturated carbocycles. The van der Waals surface area contributed by atoms with Crippen LogP contribution in [0.3, 0.4) is 0 Å². The van der Waals surface area contributed by atoms with Crippen molar-refractivity contribution in [1.82, 2.24) is 20.1 Å². The van der Waals surface area contributed by atoms with Crippen LogP contribution in [0.1, 0.15) is 18.3 Å². The molecule has 2 aromatic carbocycles. The Morgan fingerprint density at radius 1 is 1.18 bits per heavy atom. The zero-order valence-electron chi connectivity index (χ0n) is 15.6. The predicted molar refractivity (Wildman–Crippen MR) is 110 cm³/mol. The smallest absolute Gasteiger partial charge is 0.233 e. The third-order valence-electron chi connectivity index (χ3n) is 4.07. The van der Waals surface area contributed by atoms with Crippen LogP contribution in [-0.4, -0.2) is 25.9 Å². The van der Waals surface area contributed by atoms with Crippen molar-refractivity contribution < 1.29 is 9.53 Å². The van der Waals surface area contributed by atoms with Gasteiger partial charge in [0.05, 0.1) is 5.25 Å². The molecule has 1 amide bonds. The van der Waals surface area contributed by atoms with Crippen LogP contribution in [0.25, 0.3) is 0 Å². The normalized spacial score (nSPS) is 11.8. The van der Waals surface area contributed by atoms with E-state index in [1.165, 1.54) is 11.8 Å². The zero-order valence-corrected chi connectivity index (χ0v) is 17.2. The molecule has 0 aliphatic heterocycles. The van der Waals surface area contributed by atoms with Crippen molar-refractivity contribution >= 4 is 29.3 Å². The van der Waals surface area contributed by atoms with Crippen LogP contribution in [0, 0.1) is 0 Å². The Labute approximate surface area is 173 Å². The van der Waals surface area contributed by atoms with Crippen molar-refractivity contribution in [3.8, 4) is 5.75 Å². The van der Waals surface area contributed by atoms with Gasteiger partial charge < -0.3 is 14.6 Å². The number of benzene rings is 2. The van der Waals surface area contributed by atoms with Crippen LogP contribution in [0.2, 0.25) is 5.02 Å². The predicted octanol–water partition coefficient (Wildman–Crippen LogP) is 3.84. The Morgan fingerprint density at radius 2 is 1.89 bits per heavy atom. The lowest BCUT2D eigenvalue weighted by molar-refractivity contribution is -0.120. The summed E-state index contributed by atoms with van der Waals surface area (Å²) in [5, 5.41) is 12.3. The van der Waals surface area contributed by atoms with Gasteiger partial charge in [0, 0.05) is 18.6 Å². The molecule has 0 aliphatic rings. The number of hydrogen-bond acceptors (Lipinski definition) is 5. The molecule has 3 aromatic rings. The van der Waals surface area contributed by atoms with Gasteiger partial charge in [-0.05, 0) is 36.8 Å². The van der Waals surface area contributed by atoms with Crippen molar-refractivity contribution in [3.63, 3.8) is 0 Å². The van der Waals surface area contributed by atoms with Crippen LogP contribution in [0.15, 0.2) is 59.8 Å². The van der Waals surface area contributed by atoms with E-state index in [0.29, 0.717) is 28.3 Å². The molecule has 0 aliphatic carbocycles. The molecule has 3 rings (SSSR count). The second-order valence-electron chi connectivity index (χ2n) is 6.16. The first-order valence-corrected chi connectivity index (χ1v) is 10.0. The van der Waals surface area contributed by atoms with Crippen LogP contribution >= 0.6 is 23.4 Å². The maximum absolute atomic E-state index is 12.4. The fourth-order valence-electron chi connectivity index (χ4n) is 2.39. The number of halogens is 1. The minimum Gasteiger partial charge on any atom is -0.486 e. The molecular formula is C20H21ClN4O2S. The van der Waals surface area contributed by atoms with Gasteiger partial charge in [-0.25, -0.2) is 0 Å². The standard InChI is InChI=1S/C20H21ClN4O2S/c1-14(19(26)22-12-15-6-4-3-5-7-15)28-20-24-23-18(25(20)2)13-27-17-10-8-16(21)9-11-17/h3-11,14H,12-13H2,1-2H3,(H,22,26)/t14-/m0/s1. The average Bonchev–Trinajstić information content (AvgIpc) is 3.06. The molecule has 0 radical (unpaired) electrons. The summed E-state index contributed by atoms with van der Waals surface area (Å²) in [5.74, 6) is 1.33. The number of nitrogens with one attached hydrogen (secondary N) is 1. The highest BCUT2D eigenvalue weighted by Crippen LogP contribution is 2.22. The fraction of sp³-hybridized carbons (Fsp3) is 0.250. The number of carbonyl (C=O) groups is 1. The monoisotopic (exact) mass is 416 g/mol. The van der Waals surface area contributed by atoms with Gasteiger partial charge in [0.1, 0.15) is 12.4 Å². The summed E-state index contributed by atoms with van der Waals surface area (Å²) in [5.41, 5.74) is 1.06. The zero-order chi connectivity index (χ0) is 19.9. The number of nitrogens with zero attached hydrogens (tertiary/aromatic N) is 3. The quantitative estimate of drug-likeness (QED) is 0.565. The fourth-order valence-corrected chi connectivity index (χ4v) is 3.38. The minimum atomic E-state index is -0.295. The van der Waals surface area contributed by atoms with E-state index in [2.05, 4.69) is 15.5 Å². The van der Waals surface area contributed by atoms with Gasteiger partial charge in [-0.2, -0.15) is 0 Å². The Hall–Kier alpha value is -2.51. The second kappa shape index (κ2) is 9.61. The highest BCUT2D eigenvalue weighted by molar-refractivity contribution is 8.00. The van der Waals surface area contributed by atoms with E-state index in [-0.39, 0.29) is 17.8 Å². The summed E-state index contributed by atoms with van der Waals surface area (Å²) in [6.45, 7) is 2.63. The lowest BCUT2D eigenvalue weighted by atomic mass is 10.2. The number of thioether (sulfide) groups is 1. The molecule has 1 N–H and O–H groups in total. The van der Waals surface area contributed by atoms with Gasteiger partial charge in [-0.15, -0.1) is 10.2 Å². The van der Waals surface area contributed by atoms with Gasteiger partial charge in [-0.1, -0.05) is 53.7 Å². The Kier molecular flexibility index (Phi) is 6.95. The van der Waals surface area contributed by atoms with E-state index < -0.39 is 0 Å². The molecule has 0 unspecified atom stereocenters. The molecule has 1 atom stereocenters. The highest BCUT2D eigenvalue weighted by Gasteiger charge is 2.18. The summed E-state index contributed by atoms with van der Waals surface area (Å²) in [6, 6.07) is 16.9. The van der Waals surface area contributed by atoms with E-state index in [1.54, 1.807) is 24.3 Å². The first-order chi connectivity index (χ1) is 13.5. The maximum Gasteiger partial charge on any atom is 0.233 e. The number of ether oxygens (including phenoxy) is 1. The number of aromatic nitrogens is 3. The molecule has 8 heteroatoms. The number of hydrogen-bond donors (Lipinski definition) is 1. The van der Waals surface area contributed by atoms with Crippen molar-refractivity contribution in [2.45, 2.75) is 30.5 Å². The number of carbonyl (C=O) groups excluding carboxylic acids is 1. The Morgan fingerprint density at radius 3 is 2.61 bits per heavy atom. The van der Waals surface area contributed by atoms with E-state index >= 15 is 0 Å². The maximum atomic E-state index is 12.4. The van der Waals surface area contributed by atoms with Gasteiger partial charge in [0.2, 0.25) is 5.91 Å². The summed E-state index contributed by atoms with van der Waals surface area (Å²) in [6.07, 6.45) is 0. The van der Waals surface area contributed by atoms with Gasteiger partial charge in [0.15, 0.2) is 11.0 Å². The average molecular weight is 417 g/mol. The Bertz CT molecular complexity index is 916. The molecule has 1 heterocycles. The number of rotatable bonds is 8. The highest BCUT2D eigenvalue weighted by atomic mass is 35.5. The molecule has 1 aromatic heterocycles.